The van der Waals surface area contributed by atoms with Crippen molar-refractivity contribution < 1.29 is 13.9 Å². The zero-order valence-electron chi connectivity index (χ0n) is 13.2. The van der Waals surface area contributed by atoms with Gasteiger partial charge in [0.1, 0.15) is 5.82 Å². The lowest BCUT2D eigenvalue weighted by Gasteiger charge is -2.12. The first kappa shape index (κ1) is 17.7. The number of aromatic nitrogens is 1. The lowest BCUT2D eigenvalue weighted by Crippen LogP contribution is -2.02. The summed E-state index contributed by atoms with van der Waals surface area (Å²) in [5.74, 6) is -0.695. The van der Waals surface area contributed by atoms with Gasteiger partial charge in [-0.25, -0.2) is 9.18 Å². The van der Waals surface area contributed by atoms with Crippen molar-refractivity contribution in [2.75, 3.05) is 12.4 Å². The van der Waals surface area contributed by atoms with Crippen LogP contribution in [0, 0.1) is 12.7 Å². The highest BCUT2D eigenvalue weighted by Crippen LogP contribution is 2.27. The number of rotatable bonds is 3. The minimum absolute atomic E-state index is 0. The van der Waals surface area contributed by atoms with Crippen molar-refractivity contribution in [1.82, 2.24) is 4.98 Å². The highest BCUT2D eigenvalue weighted by Gasteiger charge is 2.10. The Hall–Kier alpha value is -2.66. The normalized spacial score (nSPS) is 10.1. The smallest absolute Gasteiger partial charge is 0.337 e. The quantitative estimate of drug-likeness (QED) is 0.702. The Kier molecular flexibility index (Phi) is 5.36. The Bertz CT molecular complexity index is 882. The number of esters is 1. The molecule has 3 aromatic rings. The van der Waals surface area contributed by atoms with E-state index in [1.807, 2.05) is 13.0 Å². The highest BCUT2D eigenvalue weighted by molar-refractivity contribution is 5.99. The largest absolute Gasteiger partial charge is 0.465 e. The van der Waals surface area contributed by atoms with Crippen LogP contribution in [0.1, 0.15) is 16.1 Å². The van der Waals surface area contributed by atoms with Gasteiger partial charge in [-0.15, -0.1) is 12.4 Å². The Morgan fingerprint density at radius 2 is 1.83 bits per heavy atom. The van der Waals surface area contributed by atoms with Crippen LogP contribution < -0.4 is 5.32 Å². The van der Waals surface area contributed by atoms with Crippen molar-refractivity contribution in [2.24, 2.45) is 0 Å². The second-order valence-electron chi connectivity index (χ2n) is 5.17. The highest BCUT2D eigenvalue weighted by atomic mass is 35.5. The number of nitrogens with zero attached hydrogens (tertiary/aromatic N) is 1. The van der Waals surface area contributed by atoms with E-state index in [2.05, 4.69) is 10.3 Å². The summed E-state index contributed by atoms with van der Waals surface area (Å²) in [6.45, 7) is 1.89. The fourth-order valence-corrected chi connectivity index (χ4v) is 2.40. The number of carbonyl (C=O) groups excluding carboxylic acids is 1. The number of benzene rings is 2. The standard InChI is InChI=1S/C18H15FN2O2.ClH/c1-11-9-17(21-14-6-4-13(19)5-7-14)15-10-12(18(22)23-2)3-8-16(15)20-11;/h3-10H,1-2H3,(H,20,21);1H. The van der Waals surface area contributed by atoms with Crippen LogP contribution in [0.2, 0.25) is 0 Å². The maximum atomic E-state index is 13.0. The van der Waals surface area contributed by atoms with Crippen molar-refractivity contribution in [1.29, 1.82) is 0 Å². The number of nitrogens with one attached hydrogen (secondary N) is 1. The van der Waals surface area contributed by atoms with E-state index < -0.39 is 5.97 Å². The molecule has 124 valence electrons. The van der Waals surface area contributed by atoms with Gasteiger partial charge in [0, 0.05) is 22.5 Å². The molecule has 2 aromatic carbocycles. The summed E-state index contributed by atoms with van der Waals surface area (Å²) in [6.07, 6.45) is 0. The number of anilines is 2. The molecule has 3 rings (SSSR count). The molecule has 6 heteroatoms. The van der Waals surface area contributed by atoms with E-state index in [-0.39, 0.29) is 18.2 Å². The summed E-state index contributed by atoms with van der Waals surface area (Å²) in [7, 11) is 1.34. The summed E-state index contributed by atoms with van der Waals surface area (Å²) in [6, 6.07) is 13.2. The average Bonchev–Trinajstić information content (AvgIpc) is 2.55. The van der Waals surface area contributed by atoms with E-state index in [9.17, 15) is 9.18 Å². The molecule has 24 heavy (non-hydrogen) atoms. The zero-order valence-corrected chi connectivity index (χ0v) is 14.0. The summed E-state index contributed by atoms with van der Waals surface area (Å²) >= 11 is 0. The third kappa shape index (κ3) is 3.63. The second-order valence-corrected chi connectivity index (χ2v) is 5.17. The number of carbonyl (C=O) groups is 1. The monoisotopic (exact) mass is 346 g/mol. The molecule has 0 bridgehead atoms. The molecule has 0 saturated heterocycles. The molecule has 0 aliphatic rings. The average molecular weight is 347 g/mol. The number of hydrogen-bond acceptors (Lipinski definition) is 4. The molecule has 0 saturated carbocycles. The number of aryl methyl sites for hydroxylation is 1. The molecule has 0 aliphatic carbocycles. The molecular weight excluding hydrogens is 331 g/mol. The lowest BCUT2D eigenvalue weighted by molar-refractivity contribution is 0.0601. The van der Waals surface area contributed by atoms with Gasteiger partial charge in [0.15, 0.2) is 0 Å². The molecule has 0 fully saturated rings. The number of ether oxygens (including phenoxy) is 1. The van der Waals surface area contributed by atoms with Gasteiger partial charge < -0.3 is 10.1 Å². The molecule has 1 heterocycles. The van der Waals surface area contributed by atoms with Crippen LogP contribution in [0.3, 0.4) is 0 Å². The predicted octanol–water partition coefficient (Wildman–Crippen LogP) is 4.63. The first-order valence-corrected chi connectivity index (χ1v) is 7.09. The van der Waals surface area contributed by atoms with Gasteiger partial charge in [0.05, 0.1) is 18.2 Å². The Morgan fingerprint density at radius 3 is 2.50 bits per heavy atom. The van der Waals surface area contributed by atoms with Crippen LogP contribution in [0.25, 0.3) is 10.9 Å². The predicted molar refractivity (Wildman–Crippen MR) is 94.8 cm³/mol. The summed E-state index contributed by atoms with van der Waals surface area (Å²) in [5.41, 5.74) is 3.61. The zero-order chi connectivity index (χ0) is 16.4. The molecular formula is C18H16ClFN2O2. The molecule has 0 spiro atoms. The van der Waals surface area contributed by atoms with Gasteiger partial charge in [-0.3, -0.25) is 4.98 Å². The molecule has 0 aliphatic heterocycles. The number of methoxy groups -OCH3 is 1. The van der Waals surface area contributed by atoms with Gasteiger partial charge in [0.25, 0.3) is 0 Å². The van der Waals surface area contributed by atoms with Gasteiger partial charge in [-0.1, -0.05) is 0 Å². The minimum atomic E-state index is -0.403. The first-order chi connectivity index (χ1) is 11.1. The van der Waals surface area contributed by atoms with E-state index in [1.54, 1.807) is 30.3 Å². The third-order valence-corrected chi connectivity index (χ3v) is 3.48. The molecule has 0 unspecified atom stereocenters. The van der Waals surface area contributed by atoms with E-state index in [1.165, 1.54) is 19.2 Å². The van der Waals surface area contributed by atoms with Crippen LogP contribution in [0.5, 0.6) is 0 Å². The van der Waals surface area contributed by atoms with E-state index >= 15 is 0 Å². The van der Waals surface area contributed by atoms with E-state index in [0.29, 0.717) is 5.56 Å². The van der Waals surface area contributed by atoms with Gasteiger partial charge in [0.2, 0.25) is 0 Å². The Labute approximate surface area is 145 Å². The molecule has 1 N–H and O–H groups in total. The molecule has 4 nitrogen and oxygen atoms in total. The van der Waals surface area contributed by atoms with Gasteiger partial charge >= 0.3 is 5.97 Å². The van der Waals surface area contributed by atoms with Crippen molar-refractivity contribution in [3.63, 3.8) is 0 Å². The third-order valence-electron chi connectivity index (χ3n) is 3.48. The fraction of sp³-hybridized carbons (Fsp3) is 0.111. The van der Waals surface area contributed by atoms with Crippen molar-refractivity contribution in [3.05, 3.63) is 65.6 Å². The summed E-state index contributed by atoms with van der Waals surface area (Å²) < 4.78 is 17.8. The summed E-state index contributed by atoms with van der Waals surface area (Å²) in [4.78, 5) is 16.2. The SMILES string of the molecule is COC(=O)c1ccc2nc(C)cc(Nc3ccc(F)cc3)c2c1.Cl. The number of fused-ring (bicyclic) bond motifs is 1. The van der Waals surface area contributed by atoms with Crippen molar-refractivity contribution >= 4 is 40.7 Å². The first-order valence-electron chi connectivity index (χ1n) is 7.09. The molecule has 0 amide bonds. The maximum Gasteiger partial charge on any atom is 0.337 e. The van der Waals surface area contributed by atoms with Crippen LogP contribution in [0.4, 0.5) is 15.8 Å². The number of halogens is 2. The number of pyridine rings is 1. The number of hydrogen-bond donors (Lipinski definition) is 1. The van der Waals surface area contributed by atoms with Gasteiger partial charge in [-0.05, 0) is 55.5 Å². The van der Waals surface area contributed by atoms with Crippen molar-refractivity contribution in [3.8, 4) is 0 Å². The van der Waals surface area contributed by atoms with Crippen LogP contribution in [0.15, 0.2) is 48.5 Å². The van der Waals surface area contributed by atoms with Crippen LogP contribution in [-0.2, 0) is 4.74 Å². The van der Waals surface area contributed by atoms with Gasteiger partial charge in [-0.2, -0.15) is 0 Å². The second kappa shape index (κ2) is 7.27. The van der Waals surface area contributed by atoms with E-state index in [4.69, 9.17) is 4.74 Å². The lowest BCUT2D eigenvalue weighted by atomic mass is 10.1. The fourth-order valence-electron chi connectivity index (χ4n) is 2.40. The minimum Gasteiger partial charge on any atom is -0.465 e. The topological polar surface area (TPSA) is 51.2 Å². The Morgan fingerprint density at radius 1 is 1.12 bits per heavy atom. The molecule has 0 atom stereocenters. The summed E-state index contributed by atoms with van der Waals surface area (Å²) in [5, 5.41) is 4.03. The van der Waals surface area contributed by atoms with Crippen LogP contribution in [-0.4, -0.2) is 18.1 Å². The Balaban J connectivity index is 0.00000208. The van der Waals surface area contributed by atoms with E-state index in [0.717, 1.165) is 28.0 Å². The molecule has 1 aromatic heterocycles. The maximum absolute atomic E-state index is 13.0. The van der Waals surface area contributed by atoms with Crippen LogP contribution >= 0.6 is 12.4 Å². The van der Waals surface area contributed by atoms with Crippen molar-refractivity contribution in [2.45, 2.75) is 6.92 Å². The molecule has 0 radical (unpaired) electrons.